The Morgan fingerprint density at radius 1 is 1.38 bits per heavy atom. The van der Waals surface area contributed by atoms with Gasteiger partial charge in [0.1, 0.15) is 10.8 Å². The monoisotopic (exact) mass is 306 g/mol. The number of benzene rings is 1. The molecule has 1 amide bonds. The van der Waals surface area contributed by atoms with Gasteiger partial charge in [-0.3, -0.25) is 14.9 Å². The molecule has 0 fully saturated rings. The van der Waals surface area contributed by atoms with E-state index in [-0.39, 0.29) is 23.1 Å². The van der Waals surface area contributed by atoms with Gasteiger partial charge in [-0.05, 0) is 12.5 Å². The van der Waals surface area contributed by atoms with Crippen molar-refractivity contribution in [1.82, 2.24) is 15.3 Å². The lowest BCUT2D eigenvalue weighted by Gasteiger charge is -2.07. The third kappa shape index (κ3) is 3.51. The molecule has 0 unspecified atom stereocenters. The molecule has 0 saturated heterocycles. The Kier molecular flexibility index (Phi) is 4.44. The average Bonchev–Trinajstić information content (AvgIpc) is 2.46. The topological polar surface area (TPSA) is 98.0 Å². The van der Waals surface area contributed by atoms with Gasteiger partial charge in [-0.1, -0.05) is 23.7 Å². The van der Waals surface area contributed by atoms with Crippen LogP contribution in [0.5, 0.6) is 0 Å². The van der Waals surface area contributed by atoms with Crippen LogP contribution >= 0.6 is 11.6 Å². The predicted molar refractivity (Wildman–Crippen MR) is 76.0 cm³/mol. The largest absolute Gasteiger partial charge is 0.347 e. The summed E-state index contributed by atoms with van der Waals surface area (Å²) in [5, 5.41) is 13.7. The van der Waals surface area contributed by atoms with E-state index >= 15 is 0 Å². The molecule has 0 bridgehead atoms. The molecule has 0 aliphatic carbocycles. The van der Waals surface area contributed by atoms with Crippen LogP contribution in [0.1, 0.15) is 21.6 Å². The molecule has 2 aromatic rings. The van der Waals surface area contributed by atoms with E-state index in [0.717, 1.165) is 0 Å². The van der Waals surface area contributed by atoms with Gasteiger partial charge >= 0.3 is 0 Å². The number of nitro benzene ring substituents is 1. The van der Waals surface area contributed by atoms with Crippen LogP contribution in [-0.2, 0) is 6.54 Å². The van der Waals surface area contributed by atoms with Crippen molar-refractivity contribution >= 4 is 23.2 Å². The van der Waals surface area contributed by atoms with Crippen molar-refractivity contribution < 1.29 is 9.72 Å². The number of nitrogens with one attached hydrogen (secondary N) is 1. The van der Waals surface area contributed by atoms with Crippen LogP contribution in [0, 0.1) is 17.0 Å². The molecule has 2 rings (SSSR count). The molecule has 1 aromatic heterocycles. The second-order valence-corrected chi connectivity index (χ2v) is 4.61. The second-order valence-electron chi connectivity index (χ2n) is 4.23. The number of aromatic nitrogens is 2. The maximum absolute atomic E-state index is 11.9. The lowest BCUT2D eigenvalue weighted by atomic mass is 10.1. The van der Waals surface area contributed by atoms with Crippen molar-refractivity contribution in [3.05, 3.63) is 62.7 Å². The van der Waals surface area contributed by atoms with Gasteiger partial charge in [0.15, 0.2) is 0 Å². The van der Waals surface area contributed by atoms with Crippen LogP contribution in [0.2, 0.25) is 5.15 Å². The maximum Gasteiger partial charge on any atom is 0.272 e. The Bertz CT molecular complexity index is 688. The number of amides is 1. The van der Waals surface area contributed by atoms with Gasteiger partial charge in [-0.25, -0.2) is 9.97 Å². The number of carbonyl (C=O) groups excluding carboxylic acids is 1. The van der Waals surface area contributed by atoms with Gasteiger partial charge < -0.3 is 5.32 Å². The summed E-state index contributed by atoms with van der Waals surface area (Å²) in [5.41, 5.74) is 1.33. The zero-order valence-electron chi connectivity index (χ0n) is 11.0. The van der Waals surface area contributed by atoms with Crippen LogP contribution < -0.4 is 5.32 Å². The Morgan fingerprint density at radius 3 is 2.76 bits per heavy atom. The van der Waals surface area contributed by atoms with Crippen molar-refractivity contribution in [3.63, 3.8) is 0 Å². The molecule has 1 heterocycles. The van der Waals surface area contributed by atoms with E-state index < -0.39 is 10.8 Å². The van der Waals surface area contributed by atoms with Crippen molar-refractivity contribution in [1.29, 1.82) is 0 Å². The summed E-state index contributed by atoms with van der Waals surface area (Å²) >= 11 is 5.59. The third-order valence-corrected chi connectivity index (χ3v) is 3.10. The molecule has 21 heavy (non-hydrogen) atoms. The lowest BCUT2D eigenvalue weighted by Crippen LogP contribution is -2.24. The highest BCUT2D eigenvalue weighted by Crippen LogP contribution is 2.20. The van der Waals surface area contributed by atoms with E-state index in [1.807, 2.05) is 0 Å². The van der Waals surface area contributed by atoms with Crippen molar-refractivity contribution in [3.8, 4) is 0 Å². The van der Waals surface area contributed by atoms with E-state index in [4.69, 9.17) is 11.6 Å². The number of nitrogens with zero attached hydrogens (tertiary/aromatic N) is 3. The molecule has 0 saturated carbocycles. The zero-order chi connectivity index (χ0) is 15.4. The smallest absolute Gasteiger partial charge is 0.272 e. The molecular formula is C13H11ClN4O3. The number of hydrogen-bond acceptors (Lipinski definition) is 5. The molecular weight excluding hydrogens is 296 g/mol. The summed E-state index contributed by atoms with van der Waals surface area (Å²) in [7, 11) is 0. The zero-order valence-corrected chi connectivity index (χ0v) is 11.8. The summed E-state index contributed by atoms with van der Waals surface area (Å²) in [6, 6.07) is 4.72. The molecule has 0 atom stereocenters. The second kappa shape index (κ2) is 6.27. The van der Waals surface area contributed by atoms with Gasteiger partial charge in [-0.2, -0.15) is 0 Å². The first-order valence-corrected chi connectivity index (χ1v) is 6.35. The van der Waals surface area contributed by atoms with Gasteiger partial charge in [0, 0.05) is 18.2 Å². The molecule has 0 spiro atoms. The standard InChI is InChI=1S/C13H11ClN4O3/c1-8-9(3-2-4-11(8)18(20)21)5-17-13(19)10-6-16-12(14)7-15-10/h2-4,6-7H,5H2,1H3,(H,17,19). The number of hydrogen-bond donors (Lipinski definition) is 1. The first-order valence-electron chi connectivity index (χ1n) is 5.97. The minimum absolute atomic E-state index is 0.0213. The van der Waals surface area contributed by atoms with Crippen LogP contribution in [0.4, 0.5) is 5.69 Å². The summed E-state index contributed by atoms with van der Waals surface area (Å²) in [6.45, 7) is 1.80. The van der Waals surface area contributed by atoms with Crippen LogP contribution in [0.25, 0.3) is 0 Å². The Morgan fingerprint density at radius 2 is 2.14 bits per heavy atom. The van der Waals surface area contributed by atoms with E-state index in [9.17, 15) is 14.9 Å². The first kappa shape index (κ1) is 14.9. The minimum atomic E-state index is -0.453. The molecule has 0 aliphatic heterocycles. The summed E-state index contributed by atoms with van der Waals surface area (Å²) in [6.07, 6.45) is 2.53. The normalized spacial score (nSPS) is 10.2. The Hall–Kier alpha value is -2.54. The van der Waals surface area contributed by atoms with Crippen LogP contribution in [-0.4, -0.2) is 20.8 Å². The molecule has 8 heteroatoms. The van der Waals surface area contributed by atoms with Gasteiger partial charge in [-0.15, -0.1) is 0 Å². The van der Waals surface area contributed by atoms with E-state index in [0.29, 0.717) is 11.1 Å². The minimum Gasteiger partial charge on any atom is -0.347 e. The summed E-state index contributed by atoms with van der Waals surface area (Å²) < 4.78 is 0. The molecule has 1 N–H and O–H groups in total. The lowest BCUT2D eigenvalue weighted by molar-refractivity contribution is -0.385. The van der Waals surface area contributed by atoms with Crippen molar-refractivity contribution in [2.45, 2.75) is 13.5 Å². The van der Waals surface area contributed by atoms with E-state index in [1.54, 1.807) is 19.1 Å². The molecule has 0 aliphatic rings. The van der Waals surface area contributed by atoms with Crippen molar-refractivity contribution in [2.75, 3.05) is 0 Å². The van der Waals surface area contributed by atoms with Crippen LogP contribution in [0.3, 0.4) is 0 Å². The summed E-state index contributed by atoms with van der Waals surface area (Å²) in [5.74, 6) is -0.426. The van der Waals surface area contributed by atoms with Crippen molar-refractivity contribution in [2.24, 2.45) is 0 Å². The van der Waals surface area contributed by atoms with E-state index in [1.165, 1.54) is 18.5 Å². The molecule has 108 valence electrons. The molecule has 1 aromatic carbocycles. The fraction of sp³-hybridized carbons (Fsp3) is 0.154. The van der Waals surface area contributed by atoms with Crippen LogP contribution in [0.15, 0.2) is 30.6 Å². The number of rotatable bonds is 4. The third-order valence-electron chi connectivity index (χ3n) is 2.91. The SMILES string of the molecule is Cc1c(CNC(=O)c2cnc(Cl)cn2)cccc1[N+](=O)[O-]. The van der Waals surface area contributed by atoms with Gasteiger partial charge in [0.05, 0.1) is 17.3 Å². The molecule has 7 nitrogen and oxygen atoms in total. The summed E-state index contributed by atoms with van der Waals surface area (Å²) in [4.78, 5) is 29.9. The Labute approximate surface area is 125 Å². The fourth-order valence-electron chi connectivity index (χ4n) is 1.75. The van der Waals surface area contributed by atoms with Gasteiger partial charge in [0.2, 0.25) is 0 Å². The highest BCUT2D eigenvalue weighted by Gasteiger charge is 2.14. The number of halogens is 1. The maximum atomic E-state index is 11.9. The predicted octanol–water partition coefficient (Wildman–Crippen LogP) is 2.28. The molecule has 0 radical (unpaired) electrons. The Balaban J connectivity index is 2.10. The quantitative estimate of drug-likeness (QED) is 0.690. The average molecular weight is 307 g/mol. The highest BCUT2D eigenvalue weighted by molar-refractivity contribution is 6.29. The first-order chi connectivity index (χ1) is 9.99. The number of carbonyl (C=O) groups is 1. The number of nitro groups is 1. The van der Waals surface area contributed by atoms with Gasteiger partial charge in [0.25, 0.3) is 11.6 Å². The fourth-order valence-corrected chi connectivity index (χ4v) is 1.85. The van der Waals surface area contributed by atoms with E-state index in [2.05, 4.69) is 15.3 Å². The highest BCUT2D eigenvalue weighted by atomic mass is 35.5.